The Hall–Kier alpha value is -2.02. The molecule has 5 rings (SSSR count). The zero-order valence-corrected chi connectivity index (χ0v) is 30.6. The molecule has 0 amide bonds. The van der Waals surface area contributed by atoms with Gasteiger partial charge < -0.3 is 0 Å². The average Bonchev–Trinajstić information content (AvgIpc) is 3.59. The number of fused-ring (bicyclic) bond motifs is 2. The molecular weight excluding hydrogens is 625 g/mol. The van der Waals surface area contributed by atoms with Crippen LogP contribution < -0.4 is 0 Å². The molecule has 0 saturated carbocycles. The minimum atomic E-state index is -1.18. The van der Waals surface area contributed by atoms with E-state index in [-0.39, 0.29) is 8.16 Å². The summed E-state index contributed by atoms with van der Waals surface area (Å²) in [5.41, 5.74) is 4.10. The third-order valence-corrected chi connectivity index (χ3v) is 16.1. The van der Waals surface area contributed by atoms with Gasteiger partial charge in [-0.3, -0.25) is 4.21 Å². The number of thioether (sulfide) groups is 3. The molecule has 3 aromatic carbocycles. The van der Waals surface area contributed by atoms with Gasteiger partial charge in [-0.05, 0) is 49.9 Å². The molecule has 2 aliphatic heterocycles. The maximum absolute atomic E-state index is 15.1. The second-order valence-electron chi connectivity index (χ2n) is 12.1. The Morgan fingerprint density at radius 3 is 1.49 bits per heavy atom. The van der Waals surface area contributed by atoms with Crippen LogP contribution in [-0.2, 0) is 10.8 Å². The van der Waals surface area contributed by atoms with Crippen molar-refractivity contribution < 1.29 is 4.21 Å². The Morgan fingerprint density at radius 2 is 1.00 bits per heavy atom. The van der Waals surface area contributed by atoms with Crippen molar-refractivity contribution in [2.75, 3.05) is 0 Å². The number of hydrogen-bond acceptors (Lipinski definition) is 4. The lowest BCUT2D eigenvalue weighted by Gasteiger charge is -2.28. The number of benzene rings is 3. The van der Waals surface area contributed by atoms with Crippen LogP contribution in [0, 0.1) is 23.7 Å². The predicted molar refractivity (Wildman–Crippen MR) is 199 cm³/mol. The van der Waals surface area contributed by atoms with Crippen LogP contribution in [0.15, 0.2) is 80.2 Å². The fourth-order valence-corrected chi connectivity index (χ4v) is 13.8. The van der Waals surface area contributed by atoms with Gasteiger partial charge in [0.25, 0.3) is 0 Å². The second kappa shape index (κ2) is 16.2. The van der Waals surface area contributed by atoms with Crippen LogP contribution in [0.25, 0.3) is 0 Å². The van der Waals surface area contributed by atoms with E-state index in [0.29, 0.717) is 0 Å². The molecule has 0 bridgehead atoms. The van der Waals surface area contributed by atoms with Gasteiger partial charge >= 0.3 is 0 Å². The van der Waals surface area contributed by atoms with E-state index in [9.17, 15) is 0 Å². The molecule has 5 heteroatoms. The molecule has 0 spiro atoms. The van der Waals surface area contributed by atoms with Crippen molar-refractivity contribution in [3.05, 3.63) is 82.9 Å². The third-order valence-electron chi connectivity index (χ3n) is 8.56. The summed E-state index contributed by atoms with van der Waals surface area (Å²) in [6.45, 7) is 9.06. The summed E-state index contributed by atoms with van der Waals surface area (Å²) in [5, 5.41) is 0. The lowest BCUT2D eigenvalue weighted by molar-refractivity contribution is 0.565. The van der Waals surface area contributed by atoms with E-state index in [4.69, 9.17) is 0 Å². The van der Waals surface area contributed by atoms with Gasteiger partial charge in [0, 0.05) is 25.8 Å². The summed E-state index contributed by atoms with van der Waals surface area (Å²) < 4.78 is 14.8. The first-order valence-corrected chi connectivity index (χ1v) is 20.5. The maximum atomic E-state index is 15.1. The summed E-state index contributed by atoms with van der Waals surface area (Å²) in [5.74, 6) is 14.4. The minimum absolute atomic E-state index is 0.0590. The third kappa shape index (κ3) is 7.76. The highest BCUT2D eigenvalue weighted by Gasteiger charge is 2.50. The summed E-state index contributed by atoms with van der Waals surface area (Å²) in [6, 6.07) is 20.6. The fourth-order valence-electron chi connectivity index (χ4n) is 6.00. The van der Waals surface area contributed by atoms with Crippen molar-refractivity contribution in [3.63, 3.8) is 0 Å². The summed E-state index contributed by atoms with van der Waals surface area (Å²) >= 11 is 5.94. The molecule has 0 aromatic heterocycles. The van der Waals surface area contributed by atoms with Crippen molar-refractivity contribution in [2.45, 2.75) is 132 Å². The van der Waals surface area contributed by atoms with Crippen LogP contribution in [-0.4, -0.2) is 12.4 Å². The van der Waals surface area contributed by atoms with Gasteiger partial charge in [-0.2, -0.15) is 0 Å². The monoisotopic (exact) mass is 670 g/mol. The lowest BCUT2D eigenvalue weighted by atomic mass is 10.1. The molecule has 3 aromatic rings. The Bertz CT molecular complexity index is 1590. The van der Waals surface area contributed by atoms with E-state index in [1.165, 1.54) is 35.5 Å². The molecule has 45 heavy (non-hydrogen) atoms. The van der Waals surface area contributed by atoms with Crippen molar-refractivity contribution in [1.82, 2.24) is 0 Å². The predicted octanol–water partition coefficient (Wildman–Crippen LogP) is 12.1. The Labute approximate surface area is 287 Å². The van der Waals surface area contributed by atoms with Crippen LogP contribution in [0.4, 0.5) is 0 Å². The number of hydrogen-bond donors (Lipinski definition) is 0. The van der Waals surface area contributed by atoms with Crippen LogP contribution in [0.2, 0.25) is 0 Å². The summed E-state index contributed by atoms with van der Waals surface area (Å²) in [7, 11) is -1.18. The lowest BCUT2D eigenvalue weighted by Crippen LogP contribution is -2.27. The van der Waals surface area contributed by atoms with Gasteiger partial charge in [-0.25, -0.2) is 0 Å². The largest absolute Gasteiger partial charge is 0.253 e. The summed E-state index contributed by atoms with van der Waals surface area (Å²) in [6.07, 6.45) is 13.3. The molecule has 0 radical (unpaired) electrons. The first-order chi connectivity index (χ1) is 22.0. The van der Waals surface area contributed by atoms with Crippen molar-refractivity contribution in [1.29, 1.82) is 0 Å². The van der Waals surface area contributed by atoms with Gasteiger partial charge in [0.05, 0.1) is 30.9 Å². The maximum Gasteiger partial charge on any atom is 0.100 e. The molecule has 0 fully saturated rings. The van der Waals surface area contributed by atoms with Crippen LogP contribution in [0.1, 0.15) is 127 Å². The smallest absolute Gasteiger partial charge is 0.100 e. The first kappa shape index (κ1) is 34.3. The Morgan fingerprint density at radius 1 is 0.556 bits per heavy atom. The fraction of sp³-hybridized carbons (Fsp3) is 0.450. The quantitative estimate of drug-likeness (QED) is 0.178. The van der Waals surface area contributed by atoms with Crippen LogP contribution in [0.5, 0.6) is 0 Å². The Kier molecular flexibility index (Phi) is 12.4. The highest BCUT2D eigenvalue weighted by atomic mass is 32.2. The van der Waals surface area contributed by atoms with Gasteiger partial charge in [0.15, 0.2) is 0 Å². The minimum Gasteiger partial charge on any atom is -0.253 e. The number of rotatable bonds is 12. The SMILES string of the molecule is CCCCC1(CCCC)Sc2c(C#Cc3ccccc3)c3c(c(C#Cc4ccccc4)c2S1)S(=O)C(CCCC)(CCCC)S3. The topological polar surface area (TPSA) is 17.1 Å². The van der Waals surface area contributed by atoms with E-state index in [1.807, 2.05) is 59.6 Å². The molecule has 0 saturated heterocycles. The van der Waals surface area contributed by atoms with Gasteiger partial charge in [0.2, 0.25) is 0 Å². The van der Waals surface area contributed by atoms with Crippen LogP contribution >= 0.6 is 35.3 Å². The normalized spacial score (nSPS) is 17.1. The van der Waals surface area contributed by atoms with Crippen molar-refractivity contribution in [2.24, 2.45) is 0 Å². The number of unbranched alkanes of at least 4 members (excludes halogenated alkanes) is 4. The zero-order chi connectivity index (χ0) is 31.7. The molecule has 2 heterocycles. The standard InChI is InChI=1S/C40H46OS4/c1-5-9-27-39(28-10-6-2)42-35-33(25-23-31-19-15-13-16-20-31)37-38(45(41)40(44-37,29-11-7-3)30-12-8-4)34(36(35)43-39)26-24-32-21-17-14-18-22-32/h13-22H,5-12,27-30H2,1-4H3. The van der Waals surface area contributed by atoms with Gasteiger partial charge in [-0.1, -0.05) is 139 Å². The highest BCUT2D eigenvalue weighted by molar-refractivity contribution is 8.21. The van der Waals surface area contributed by atoms with Gasteiger partial charge in [-0.15, -0.1) is 35.3 Å². The van der Waals surface area contributed by atoms with Crippen molar-refractivity contribution in [3.8, 4) is 23.7 Å². The highest BCUT2D eigenvalue weighted by Crippen LogP contribution is 2.66. The van der Waals surface area contributed by atoms with E-state index in [1.54, 1.807) is 0 Å². The molecule has 236 valence electrons. The van der Waals surface area contributed by atoms with Gasteiger partial charge in [0.1, 0.15) is 4.08 Å². The van der Waals surface area contributed by atoms with E-state index < -0.39 is 10.8 Å². The molecule has 1 nitrogen and oxygen atoms in total. The molecule has 0 aliphatic carbocycles. The second-order valence-corrected chi connectivity index (χ2v) is 18.5. The van der Waals surface area contributed by atoms with E-state index >= 15 is 4.21 Å². The van der Waals surface area contributed by atoms with E-state index in [2.05, 4.69) is 87.8 Å². The molecule has 2 aliphatic rings. The average molecular weight is 671 g/mol. The summed E-state index contributed by atoms with van der Waals surface area (Å²) in [4.78, 5) is 4.59. The van der Waals surface area contributed by atoms with Crippen LogP contribution in [0.3, 0.4) is 0 Å². The molecular formula is C40H46OS4. The molecule has 1 atom stereocenters. The molecule has 1 unspecified atom stereocenters. The van der Waals surface area contributed by atoms with E-state index in [0.717, 1.165) is 83.4 Å². The Balaban J connectivity index is 1.77. The zero-order valence-electron chi connectivity index (χ0n) is 27.3. The van der Waals surface area contributed by atoms with Crippen molar-refractivity contribution >= 4 is 46.1 Å². The first-order valence-electron chi connectivity index (χ1n) is 16.9. The molecule has 0 N–H and O–H groups in total.